The predicted octanol–water partition coefficient (Wildman–Crippen LogP) is 2.17. The Labute approximate surface area is 153 Å². The lowest BCUT2D eigenvalue weighted by molar-refractivity contribution is -0.149. The maximum Gasteiger partial charge on any atom is 0.348 e. The minimum Gasteiger partial charge on any atom is -0.481 e. The van der Waals surface area contributed by atoms with Crippen molar-refractivity contribution in [2.45, 2.75) is 82.4 Å². The van der Waals surface area contributed by atoms with Crippen LogP contribution in [0.15, 0.2) is 0 Å². The number of aliphatic carboxylic acids is 2. The Balaban J connectivity index is 4.43. The molecule has 0 radical (unpaired) electrons. The van der Waals surface area contributed by atoms with Gasteiger partial charge in [-0.3, -0.25) is 14.1 Å². The first-order valence-electron chi connectivity index (χ1n) is 8.80. The molecule has 0 fully saturated rings. The minimum atomic E-state index is -5.38. The van der Waals surface area contributed by atoms with Crippen molar-refractivity contribution in [1.82, 2.24) is 5.32 Å². The van der Waals surface area contributed by atoms with Gasteiger partial charge in [0, 0.05) is 6.42 Å². The largest absolute Gasteiger partial charge is 0.481 e. The van der Waals surface area contributed by atoms with Crippen LogP contribution in [0.4, 0.5) is 0 Å². The molecule has 0 spiro atoms. The van der Waals surface area contributed by atoms with Gasteiger partial charge in [0.2, 0.25) is 5.91 Å². The van der Waals surface area contributed by atoms with Gasteiger partial charge in [0.15, 0.2) is 0 Å². The molecule has 1 amide bonds. The molecule has 0 aromatic heterocycles. The monoisotopic (exact) mass is 395 g/mol. The zero-order chi connectivity index (χ0) is 20.2. The van der Waals surface area contributed by atoms with Crippen LogP contribution in [0.25, 0.3) is 0 Å². The summed E-state index contributed by atoms with van der Waals surface area (Å²) < 4.78 is 31.9. The molecule has 9 nitrogen and oxygen atoms in total. The third-order valence-electron chi connectivity index (χ3n) is 4.03. The van der Waals surface area contributed by atoms with Crippen molar-refractivity contribution in [3.8, 4) is 0 Å². The highest BCUT2D eigenvalue weighted by Gasteiger charge is 2.54. The number of hydrogen-bond donors (Lipinski definition) is 4. The van der Waals surface area contributed by atoms with Crippen molar-refractivity contribution >= 4 is 28.0 Å². The number of carboxylic acid groups (broad SMARTS) is 2. The number of hydrogen-bond acceptors (Lipinski definition) is 5. The van der Waals surface area contributed by atoms with Crippen molar-refractivity contribution in [2.75, 3.05) is 0 Å². The fourth-order valence-corrected chi connectivity index (χ4v) is 3.31. The topological polar surface area (TPSA) is 158 Å². The summed E-state index contributed by atoms with van der Waals surface area (Å²) in [4.78, 5) is 30.6. The maximum absolute atomic E-state index is 11.9. The van der Waals surface area contributed by atoms with Crippen LogP contribution in [0, 0.1) is 0 Å². The fourth-order valence-electron chi connectivity index (χ4n) is 2.54. The molecule has 0 heterocycles. The van der Waals surface area contributed by atoms with E-state index in [0.29, 0.717) is 12.8 Å². The van der Waals surface area contributed by atoms with Crippen molar-refractivity contribution in [3.05, 3.63) is 0 Å². The Bertz CT molecular complexity index is 575. The quantitative estimate of drug-likeness (QED) is 0.242. The van der Waals surface area contributed by atoms with Gasteiger partial charge >= 0.3 is 22.1 Å². The Kier molecular flexibility index (Phi) is 11.1. The lowest BCUT2D eigenvalue weighted by Crippen LogP contribution is -2.60. The van der Waals surface area contributed by atoms with Crippen molar-refractivity contribution in [1.29, 1.82) is 0 Å². The summed E-state index contributed by atoms with van der Waals surface area (Å²) in [6.45, 7) is 2.14. The molecule has 26 heavy (non-hydrogen) atoms. The molecule has 1 unspecified atom stereocenters. The standard InChI is InChI=1S/C16H29NO8S/c1-2-3-4-5-6-7-8-9-10-11-13(18)17-16(15(21)22,12-14(19)20)26(23,24)25/h2-12H2,1H3,(H,17,18)(H,19,20)(H,21,22)(H,23,24,25). The summed E-state index contributed by atoms with van der Waals surface area (Å²) in [5.74, 6) is -4.87. The van der Waals surface area contributed by atoms with E-state index in [-0.39, 0.29) is 6.42 Å². The Morgan fingerprint density at radius 2 is 1.35 bits per heavy atom. The highest BCUT2D eigenvalue weighted by molar-refractivity contribution is 7.88. The number of carbonyl (C=O) groups excluding carboxylic acids is 1. The van der Waals surface area contributed by atoms with E-state index in [0.717, 1.165) is 19.3 Å². The van der Waals surface area contributed by atoms with Gasteiger partial charge in [-0.15, -0.1) is 0 Å². The molecule has 4 N–H and O–H groups in total. The predicted molar refractivity (Wildman–Crippen MR) is 94.2 cm³/mol. The summed E-state index contributed by atoms with van der Waals surface area (Å²) in [5, 5.41) is 19.5. The molecule has 0 aromatic carbocycles. The Morgan fingerprint density at radius 3 is 1.73 bits per heavy atom. The number of amides is 1. The Morgan fingerprint density at radius 1 is 0.885 bits per heavy atom. The van der Waals surface area contributed by atoms with Crippen LogP contribution in [-0.2, 0) is 24.5 Å². The van der Waals surface area contributed by atoms with E-state index in [2.05, 4.69) is 6.92 Å². The van der Waals surface area contributed by atoms with Crippen LogP contribution in [0.5, 0.6) is 0 Å². The van der Waals surface area contributed by atoms with Crippen LogP contribution in [0.1, 0.15) is 77.6 Å². The van der Waals surface area contributed by atoms with Crippen LogP contribution in [0.2, 0.25) is 0 Å². The summed E-state index contributed by atoms with van der Waals surface area (Å²) >= 11 is 0. The van der Waals surface area contributed by atoms with Crippen LogP contribution in [-0.4, -0.2) is 45.9 Å². The summed E-state index contributed by atoms with van der Waals surface area (Å²) in [7, 11) is -5.38. The molecule has 0 bridgehead atoms. The molecule has 0 rings (SSSR count). The molecule has 1 atom stereocenters. The molecule has 0 aromatic rings. The average molecular weight is 395 g/mol. The molecule has 0 saturated carbocycles. The first kappa shape index (κ1) is 24.3. The highest BCUT2D eigenvalue weighted by Crippen LogP contribution is 2.20. The van der Waals surface area contributed by atoms with Gasteiger partial charge in [0.25, 0.3) is 4.87 Å². The van der Waals surface area contributed by atoms with Gasteiger partial charge in [-0.05, 0) is 6.42 Å². The van der Waals surface area contributed by atoms with E-state index in [1.807, 2.05) is 0 Å². The molecule has 152 valence electrons. The molecule has 0 aliphatic carbocycles. The second-order valence-electron chi connectivity index (χ2n) is 6.30. The van der Waals surface area contributed by atoms with Crippen LogP contribution < -0.4 is 5.32 Å². The van der Waals surface area contributed by atoms with Gasteiger partial charge in [0.05, 0.1) is 6.42 Å². The summed E-state index contributed by atoms with van der Waals surface area (Å²) in [6.07, 6.45) is 7.29. The lowest BCUT2D eigenvalue weighted by Gasteiger charge is -2.25. The third kappa shape index (κ3) is 8.61. The average Bonchev–Trinajstić information content (AvgIpc) is 2.50. The second-order valence-corrected chi connectivity index (χ2v) is 7.95. The molecule has 0 saturated heterocycles. The normalized spacial score (nSPS) is 13.8. The fraction of sp³-hybridized carbons (Fsp3) is 0.812. The number of rotatable bonds is 15. The molecular formula is C16H29NO8S. The summed E-state index contributed by atoms with van der Waals surface area (Å²) in [6, 6.07) is 0. The van der Waals surface area contributed by atoms with Gasteiger partial charge in [0.1, 0.15) is 0 Å². The van der Waals surface area contributed by atoms with E-state index in [1.54, 1.807) is 5.32 Å². The Hall–Kier alpha value is -1.68. The third-order valence-corrected chi connectivity index (χ3v) is 5.34. The van der Waals surface area contributed by atoms with Gasteiger partial charge < -0.3 is 15.5 Å². The molecule has 10 heteroatoms. The molecule has 0 aliphatic heterocycles. The van der Waals surface area contributed by atoms with Gasteiger partial charge in [-0.2, -0.15) is 8.42 Å². The van der Waals surface area contributed by atoms with E-state index in [1.165, 1.54) is 25.7 Å². The van der Waals surface area contributed by atoms with Gasteiger partial charge in [-0.25, -0.2) is 4.79 Å². The SMILES string of the molecule is CCCCCCCCCCCC(=O)NC(CC(=O)O)(C(=O)O)S(=O)(=O)O. The first-order chi connectivity index (χ1) is 12.1. The first-order valence-corrected chi connectivity index (χ1v) is 10.2. The van der Waals surface area contributed by atoms with Crippen LogP contribution in [0.3, 0.4) is 0 Å². The minimum absolute atomic E-state index is 0.153. The molecular weight excluding hydrogens is 366 g/mol. The maximum atomic E-state index is 11.9. The van der Waals surface area contributed by atoms with E-state index >= 15 is 0 Å². The van der Waals surface area contributed by atoms with Crippen molar-refractivity contribution in [2.24, 2.45) is 0 Å². The van der Waals surface area contributed by atoms with E-state index in [4.69, 9.17) is 14.8 Å². The van der Waals surface area contributed by atoms with E-state index < -0.39 is 39.3 Å². The zero-order valence-corrected chi connectivity index (χ0v) is 15.9. The highest BCUT2D eigenvalue weighted by atomic mass is 32.2. The number of carbonyl (C=O) groups is 3. The molecule has 0 aliphatic rings. The smallest absolute Gasteiger partial charge is 0.348 e. The number of unbranched alkanes of at least 4 members (excludes halogenated alkanes) is 8. The second kappa shape index (κ2) is 11.8. The number of nitrogens with one attached hydrogen (secondary N) is 1. The van der Waals surface area contributed by atoms with Crippen molar-refractivity contribution in [3.63, 3.8) is 0 Å². The zero-order valence-electron chi connectivity index (χ0n) is 15.1. The van der Waals surface area contributed by atoms with Crippen molar-refractivity contribution < 1.29 is 37.6 Å². The van der Waals surface area contributed by atoms with E-state index in [9.17, 15) is 22.8 Å². The van der Waals surface area contributed by atoms with Crippen LogP contribution >= 0.6 is 0 Å². The van der Waals surface area contributed by atoms with Gasteiger partial charge in [-0.1, -0.05) is 58.3 Å². The summed E-state index contributed by atoms with van der Waals surface area (Å²) in [5.41, 5.74) is 0. The number of carboxylic acids is 2. The lowest BCUT2D eigenvalue weighted by atomic mass is 10.1.